The molecule has 152 valence electrons. The van der Waals surface area contributed by atoms with Gasteiger partial charge < -0.3 is 16.0 Å². The number of alkyl halides is 6. The number of carbonyl (C=O) groups excluding carboxylic acids is 1. The maximum absolute atomic E-state index is 12.6. The van der Waals surface area contributed by atoms with Crippen LogP contribution in [0.15, 0.2) is 24.4 Å². The van der Waals surface area contributed by atoms with Crippen LogP contribution < -0.4 is 16.0 Å². The molecule has 13 heteroatoms. The first kappa shape index (κ1) is 21.2. The number of aryl methyl sites for hydroxylation is 1. The lowest BCUT2D eigenvalue weighted by molar-refractivity contribution is -0.142. The molecule has 2 heterocycles. The predicted molar refractivity (Wildman–Crippen MR) is 86.5 cm³/mol. The monoisotopic (exact) mass is 408 g/mol. The summed E-state index contributed by atoms with van der Waals surface area (Å²) in [6.45, 7) is 1.30. The van der Waals surface area contributed by atoms with Crippen molar-refractivity contribution in [3.05, 3.63) is 41.5 Å². The second kappa shape index (κ2) is 8.27. The number of nitrogens with one attached hydrogen (secondary N) is 3. The molecular weight excluding hydrogens is 394 g/mol. The zero-order valence-corrected chi connectivity index (χ0v) is 14.2. The maximum Gasteiger partial charge on any atom is 0.433 e. The Morgan fingerprint density at radius 3 is 2.21 bits per heavy atom. The van der Waals surface area contributed by atoms with E-state index >= 15 is 0 Å². The molecule has 0 aliphatic rings. The molecule has 3 N–H and O–H groups in total. The van der Waals surface area contributed by atoms with Crippen molar-refractivity contribution in [1.29, 1.82) is 0 Å². The topological polar surface area (TPSA) is 91.8 Å². The number of hydrogen-bond donors (Lipinski definition) is 3. The first-order chi connectivity index (χ1) is 13.0. The number of urea groups is 1. The van der Waals surface area contributed by atoms with Gasteiger partial charge in [0.2, 0.25) is 5.95 Å². The standard InChI is InChI=1S/C15H14F6N6O/c1-8-9(2-3-10(25-8)14(16,17)18)26-13(28)24-7-6-23-12-22-5-4-11(27-12)15(19,20)21/h2-5H,6-7H2,1H3,(H,22,23,27)(H2,24,26,28). The highest BCUT2D eigenvalue weighted by atomic mass is 19.4. The Morgan fingerprint density at radius 1 is 0.964 bits per heavy atom. The molecule has 2 aromatic heterocycles. The fourth-order valence-electron chi connectivity index (χ4n) is 1.97. The fourth-order valence-corrected chi connectivity index (χ4v) is 1.97. The van der Waals surface area contributed by atoms with Crippen LogP contribution in [0.25, 0.3) is 0 Å². The average molecular weight is 408 g/mol. The fraction of sp³-hybridized carbons (Fsp3) is 0.333. The van der Waals surface area contributed by atoms with Crippen molar-refractivity contribution in [2.75, 3.05) is 23.7 Å². The van der Waals surface area contributed by atoms with Crippen LogP contribution in [0.1, 0.15) is 17.1 Å². The second-order valence-electron chi connectivity index (χ2n) is 5.40. The third-order valence-corrected chi connectivity index (χ3v) is 3.26. The lowest BCUT2D eigenvalue weighted by atomic mass is 10.2. The molecule has 0 saturated heterocycles. The van der Waals surface area contributed by atoms with Gasteiger partial charge in [0.1, 0.15) is 11.4 Å². The largest absolute Gasteiger partial charge is 0.433 e. The van der Waals surface area contributed by atoms with Gasteiger partial charge in [0.05, 0.1) is 11.4 Å². The number of nitrogens with zero attached hydrogens (tertiary/aromatic N) is 3. The van der Waals surface area contributed by atoms with Gasteiger partial charge in [-0.25, -0.2) is 19.7 Å². The summed E-state index contributed by atoms with van der Waals surface area (Å²) in [7, 11) is 0. The number of aromatic nitrogens is 3. The highest BCUT2D eigenvalue weighted by Crippen LogP contribution is 2.29. The SMILES string of the molecule is Cc1nc(C(F)(F)F)ccc1NC(=O)NCCNc1nccc(C(F)(F)F)n1. The Bertz CT molecular complexity index is 839. The first-order valence-corrected chi connectivity index (χ1v) is 7.70. The summed E-state index contributed by atoms with van der Waals surface area (Å²) >= 11 is 0. The summed E-state index contributed by atoms with van der Waals surface area (Å²) in [4.78, 5) is 22.1. The summed E-state index contributed by atoms with van der Waals surface area (Å²) in [5.74, 6) is -0.264. The van der Waals surface area contributed by atoms with Gasteiger partial charge >= 0.3 is 18.4 Å². The molecule has 0 bridgehead atoms. The smallest absolute Gasteiger partial charge is 0.352 e. The third kappa shape index (κ3) is 5.96. The molecule has 0 aliphatic heterocycles. The van der Waals surface area contributed by atoms with Crippen LogP contribution in [0.4, 0.5) is 42.8 Å². The molecule has 0 aromatic carbocycles. The van der Waals surface area contributed by atoms with E-state index in [0.29, 0.717) is 0 Å². The number of rotatable bonds is 5. The number of halogens is 6. The lowest BCUT2D eigenvalue weighted by Gasteiger charge is -2.12. The zero-order valence-electron chi connectivity index (χ0n) is 14.2. The summed E-state index contributed by atoms with van der Waals surface area (Å²) in [6, 6.07) is 1.79. The van der Waals surface area contributed by atoms with Gasteiger partial charge in [-0.2, -0.15) is 26.3 Å². The van der Waals surface area contributed by atoms with Gasteiger partial charge in [0, 0.05) is 19.3 Å². The number of carbonyl (C=O) groups is 1. The van der Waals surface area contributed by atoms with Crippen LogP contribution in [0.5, 0.6) is 0 Å². The zero-order chi connectivity index (χ0) is 20.9. The molecule has 0 fully saturated rings. The van der Waals surface area contributed by atoms with Crippen molar-refractivity contribution in [2.24, 2.45) is 0 Å². The molecular formula is C15H14F6N6O. The van der Waals surface area contributed by atoms with Crippen molar-refractivity contribution < 1.29 is 31.1 Å². The minimum Gasteiger partial charge on any atom is -0.352 e. The molecule has 0 saturated carbocycles. The Balaban J connectivity index is 1.82. The molecule has 0 radical (unpaired) electrons. The van der Waals surface area contributed by atoms with Gasteiger partial charge in [-0.05, 0) is 25.1 Å². The van der Waals surface area contributed by atoms with E-state index < -0.39 is 29.8 Å². The van der Waals surface area contributed by atoms with Gasteiger partial charge in [-0.15, -0.1) is 0 Å². The van der Waals surface area contributed by atoms with Crippen LogP contribution in [0, 0.1) is 6.92 Å². The normalized spacial score (nSPS) is 11.8. The van der Waals surface area contributed by atoms with E-state index in [9.17, 15) is 31.1 Å². The Hall–Kier alpha value is -3.12. The van der Waals surface area contributed by atoms with Gasteiger partial charge in [-0.1, -0.05) is 0 Å². The minimum absolute atomic E-state index is 0.0129. The summed E-state index contributed by atoms with van der Waals surface area (Å²) in [5, 5.41) is 7.22. The molecule has 0 spiro atoms. The summed E-state index contributed by atoms with van der Waals surface area (Å²) in [6.07, 6.45) is -8.26. The minimum atomic E-state index is -4.61. The van der Waals surface area contributed by atoms with Crippen molar-refractivity contribution in [1.82, 2.24) is 20.3 Å². The number of pyridine rings is 1. The molecule has 0 aliphatic carbocycles. The van der Waals surface area contributed by atoms with Crippen LogP contribution in [-0.2, 0) is 12.4 Å². The molecule has 7 nitrogen and oxygen atoms in total. The number of anilines is 2. The third-order valence-electron chi connectivity index (χ3n) is 3.26. The maximum atomic E-state index is 12.6. The Morgan fingerprint density at radius 2 is 1.61 bits per heavy atom. The predicted octanol–water partition coefficient (Wildman–Crippen LogP) is 3.45. The van der Waals surface area contributed by atoms with E-state index in [0.717, 1.165) is 24.4 Å². The van der Waals surface area contributed by atoms with Crippen LogP contribution in [0.2, 0.25) is 0 Å². The van der Waals surface area contributed by atoms with E-state index in [2.05, 4.69) is 30.9 Å². The summed E-state index contributed by atoms with van der Waals surface area (Å²) in [5.41, 5.74) is -2.14. The molecule has 28 heavy (non-hydrogen) atoms. The van der Waals surface area contributed by atoms with Crippen molar-refractivity contribution in [3.63, 3.8) is 0 Å². The van der Waals surface area contributed by atoms with E-state index in [4.69, 9.17) is 0 Å². The van der Waals surface area contributed by atoms with Crippen LogP contribution >= 0.6 is 0 Å². The van der Waals surface area contributed by atoms with E-state index in [1.165, 1.54) is 6.92 Å². The first-order valence-electron chi connectivity index (χ1n) is 7.70. The van der Waals surface area contributed by atoms with Gasteiger partial charge in [0.25, 0.3) is 0 Å². The van der Waals surface area contributed by atoms with Gasteiger partial charge in [0.15, 0.2) is 0 Å². The highest BCUT2D eigenvalue weighted by Gasteiger charge is 2.33. The highest BCUT2D eigenvalue weighted by molar-refractivity contribution is 5.89. The molecule has 0 unspecified atom stereocenters. The Kier molecular flexibility index (Phi) is 6.26. The van der Waals surface area contributed by atoms with Crippen molar-refractivity contribution in [2.45, 2.75) is 19.3 Å². The van der Waals surface area contributed by atoms with Crippen molar-refractivity contribution >= 4 is 17.7 Å². The molecule has 0 atom stereocenters. The van der Waals surface area contributed by atoms with Crippen LogP contribution in [0.3, 0.4) is 0 Å². The molecule has 2 amide bonds. The van der Waals surface area contributed by atoms with E-state index in [1.807, 2.05) is 0 Å². The second-order valence-corrected chi connectivity index (χ2v) is 5.40. The van der Waals surface area contributed by atoms with Crippen molar-refractivity contribution in [3.8, 4) is 0 Å². The Labute approximate surface area is 154 Å². The molecule has 2 aromatic rings. The molecule has 2 rings (SSSR count). The van der Waals surface area contributed by atoms with E-state index in [-0.39, 0.29) is 30.4 Å². The average Bonchev–Trinajstić information content (AvgIpc) is 2.59. The van der Waals surface area contributed by atoms with Gasteiger partial charge in [-0.3, -0.25) is 0 Å². The summed E-state index contributed by atoms with van der Waals surface area (Å²) < 4.78 is 75.3. The number of hydrogen-bond acceptors (Lipinski definition) is 5. The van der Waals surface area contributed by atoms with E-state index in [1.54, 1.807) is 0 Å². The lowest BCUT2D eigenvalue weighted by Crippen LogP contribution is -2.33. The quantitative estimate of drug-likeness (QED) is 0.521. The number of amides is 2. The van der Waals surface area contributed by atoms with Crippen LogP contribution in [-0.4, -0.2) is 34.1 Å².